The number of nitrogens with one attached hydrogen (secondary N) is 2. The quantitative estimate of drug-likeness (QED) is 0.611. The summed E-state index contributed by atoms with van der Waals surface area (Å²) < 4.78 is 0. The molecule has 2 atom stereocenters. The van der Waals surface area contributed by atoms with Crippen LogP contribution in [0, 0.1) is 0 Å². The first-order chi connectivity index (χ1) is 7.13. The standard InChI is InChI=1S/C5H8N2OS.C4H8O2/c8-5-6-3-1-9-2-4(3)7-5;1-2-3-4(5)6/h3-4H,1-2H2,(H2,6,7,8);2-3H2,1H3,(H,5,6). The van der Waals surface area contributed by atoms with E-state index in [1.807, 2.05) is 18.7 Å². The maximum Gasteiger partial charge on any atom is 0.315 e. The molecule has 2 fully saturated rings. The third-order valence-corrected chi connectivity index (χ3v) is 3.37. The van der Waals surface area contributed by atoms with Gasteiger partial charge in [0, 0.05) is 17.9 Å². The average molecular weight is 232 g/mol. The summed E-state index contributed by atoms with van der Waals surface area (Å²) >= 11 is 1.89. The van der Waals surface area contributed by atoms with E-state index < -0.39 is 5.97 Å². The highest BCUT2D eigenvalue weighted by atomic mass is 32.2. The van der Waals surface area contributed by atoms with Crippen molar-refractivity contribution in [2.24, 2.45) is 0 Å². The van der Waals surface area contributed by atoms with Gasteiger partial charge in [0.05, 0.1) is 12.1 Å². The molecule has 2 heterocycles. The fraction of sp³-hybridized carbons (Fsp3) is 0.778. The lowest BCUT2D eigenvalue weighted by molar-refractivity contribution is -0.137. The summed E-state index contributed by atoms with van der Waals surface area (Å²) in [4.78, 5) is 20.2. The van der Waals surface area contributed by atoms with Crippen LogP contribution in [0.15, 0.2) is 0 Å². The maximum atomic E-state index is 10.6. The third kappa shape index (κ3) is 3.99. The molecule has 5 nitrogen and oxygen atoms in total. The summed E-state index contributed by atoms with van der Waals surface area (Å²) in [6, 6.07) is 0.815. The number of hydrogen-bond donors (Lipinski definition) is 3. The van der Waals surface area contributed by atoms with E-state index >= 15 is 0 Å². The molecule has 0 saturated carbocycles. The minimum Gasteiger partial charge on any atom is -0.481 e. The van der Waals surface area contributed by atoms with Gasteiger partial charge in [0.1, 0.15) is 0 Å². The van der Waals surface area contributed by atoms with Crippen LogP contribution in [0.2, 0.25) is 0 Å². The molecule has 0 bridgehead atoms. The van der Waals surface area contributed by atoms with Gasteiger partial charge in [0.25, 0.3) is 0 Å². The molecule has 86 valence electrons. The molecule has 0 aliphatic carbocycles. The highest BCUT2D eigenvalue weighted by Gasteiger charge is 2.35. The SMILES string of the molecule is CCCC(=O)O.O=C1NC2CSCC2N1. The molecule has 0 aromatic carbocycles. The number of thioether (sulfide) groups is 1. The van der Waals surface area contributed by atoms with Gasteiger partial charge >= 0.3 is 12.0 Å². The molecule has 2 saturated heterocycles. The molecule has 6 heteroatoms. The lowest BCUT2D eigenvalue weighted by Crippen LogP contribution is -2.31. The van der Waals surface area contributed by atoms with Crippen molar-refractivity contribution < 1.29 is 14.7 Å². The number of aliphatic carboxylic acids is 1. The summed E-state index contributed by atoms with van der Waals surface area (Å²) in [6.45, 7) is 1.84. The van der Waals surface area contributed by atoms with Crippen molar-refractivity contribution >= 4 is 23.8 Å². The van der Waals surface area contributed by atoms with Crippen molar-refractivity contribution in [1.82, 2.24) is 10.6 Å². The van der Waals surface area contributed by atoms with Crippen LogP contribution in [0.3, 0.4) is 0 Å². The monoisotopic (exact) mass is 232 g/mol. The van der Waals surface area contributed by atoms with Crippen LogP contribution in [0.5, 0.6) is 0 Å². The van der Waals surface area contributed by atoms with E-state index in [1.165, 1.54) is 0 Å². The first kappa shape index (κ1) is 12.2. The van der Waals surface area contributed by atoms with E-state index in [-0.39, 0.29) is 6.03 Å². The van der Waals surface area contributed by atoms with Gasteiger partial charge in [-0.05, 0) is 6.42 Å². The number of rotatable bonds is 2. The van der Waals surface area contributed by atoms with Crippen molar-refractivity contribution in [2.45, 2.75) is 31.8 Å². The van der Waals surface area contributed by atoms with E-state index in [2.05, 4.69) is 10.6 Å². The second-order valence-electron chi connectivity index (χ2n) is 3.51. The van der Waals surface area contributed by atoms with Crippen LogP contribution in [0.25, 0.3) is 0 Å². The highest BCUT2D eigenvalue weighted by molar-refractivity contribution is 7.99. The van der Waals surface area contributed by atoms with E-state index in [0.29, 0.717) is 18.5 Å². The van der Waals surface area contributed by atoms with Crippen molar-refractivity contribution in [3.05, 3.63) is 0 Å². The molecular weight excluding hydrogens is 216 g/mol. The van der Waals surface area contributed by atoms with Gasteiger partial charge in [-0.2, -0.15) is 11.8 Å². The Morgan fingerprint density at radius 3 is 2.33 bits per heavy atom. The zero-order chi connectivity index (χ0) is 11.3. The van der Waals surface area contributed by atoms with Crippen LogP contribution in [0.1, 0.15) is 19.8 Å². The molecule has 2 rings (SSSR count). The molecule has 2 amide bonds. The number of carboxylic acids is 1. The number of hydrogen-bond acceptors (Lipinski definition) is 3. The van der Waals surface area contributed by atoms with Crippen molar-refractivity contribution in [3.8, 4) is 0 Å². The van der Waals surface area contributed by atoms with Gasteiger partial charge in [0.2, 0.25) is 0 Å². The summed E-state index contributed by atoms with van der Waals surface area (Å²) in [5.74, 6) is 1.44. The molecule has 15 heavy (non-hydrogen) atoms. The van der Waals surface area contributed by atoms with Gasteiger partial charge in [-0.25, -0.2) is 4.79 Å². The van der Waals surface area contributed by atoms with E-state index in [0.717, 1.165) is 17.9 Å². The molecule has 0 radical (unpaired) electrons. The molecule has 0 aromatic rings. The Hall–Kier alpha value is -0.910. The molecular formula is C9H16N2O3S. The topological polar surface area (TPSA) is 78.4 Å². The van der Waals surface area contributed by atoms with Crippen LogP contribution in [0.4, 0.5) is 4.79 Å². The van der Waals surface area contributed by atoms with Crippen LogP contribution in [-0.4, -0.2) is 40.7 Å². The summed E-state index contributed by atoms with van der Waals surface area (Å²) in [5, 5.41) is 13.6. The van der Waals surface area contributed by atoms with Crippen LogP contribution >= 0.6 is 11.8 Å². The Balaban J connectivity index is 0.000000167. The van der Waals surface area contributed by atoms with Gasteiger partial charge in [-0.3, -0.25) is 4.79 Å². The number of fused-ring (bicyclic) bond motifs is 1. The Morgan fingerprint density at radius 2 is 2.00 bits per heavy atom. The molecule has 2 aliphatic rings. The Bertz CT molecular complexity index is 234. The second kappa shape index (κ2) is 5.85. The lowest BCUT2D eigenvalue weighted by atomic mass is 10.2. The number of amides is 2. The lowest BCUT2D eigenvalue weighted by Gasteiger charge is -2.02. The first-order valence-electron chi connectivity index (χ1n) is 5.00. The Morgan fingerprint density at radius 1 is 1.47 bits per heavy atom. The second-order valence-corrected chi connectivity index (χ2v) is 4.59. The fourth-order valence-corrected chi connectivity index (χ4v) is 2.71. The maximum absolute atomic E-state index is 10.6. The number of carboxylic acid groups (broad SMARTS) is 1. The summed E-state index contributed by atoms with van der Waals surface area (Å²) in [5.41, 5.74) is 0. The minimum atomic E-state index is -0.711. The van der Waals surface area contributed by atoms with Crippen molar-refractivity contribution in [3.63, 3.8) is 0 Å². The van der Waals surface area contributed by atoms with E-state index in [9.17, 15) is 9.59 Å². The number of carbonyl (C=O) groups is 2. The average Bonchev–Trinajstić information content (AvgIpc) is 2.64. The van der Waals surface area contributed by atoms with Crippen molar-refractivity contribution in [2.75, 3.05) is 11.5 Å². The Kier molecular flexibility index (Phi) is 4.74. The van der Waals surface area contributed by atoms with E-state index in [4.69, 9.17) is 5.11 Å². The molecule has 2 unspecified atom stereocenters. The fourth-order valence-electron chi connectivity index (χ4n) is 1.43. The van der Waals surface area contributed by atoms with Gasteiger partial charge < -0.3 is 15.7 Å². The Labute approximate surface area is 93.0 Å². The first-order valence-corrected chi connectivity index (χ1v) is 6.15. The molecule has 3 N–H and O–H groups in total. The van der Waals surface area contributed by atoms with Crippen LogP contribution < -0.4 is 10.6 Å². The highest BCUT2D eigenvalue weighted by Crippen LogP contribution is 2.20. The number of urea groups is 1. The summed E-state index contributed by atoms with van der Waals surface area (Å²) in [6.07, 6.45) is 1.02. The van der Waals surface area contributed by atoms with Crippen molar-refractivity contribution in [1.29, 1.82) is 0 Å². The van der Waals surface area contributed by atoms with Gasteiger partial charge in [-0.15, -0.1) is 0 Å². The molecule has 0 spiro atoms. The predicted molar refractivity (Wildman–Crippen MR) is 59.1 cm³/mol. The van der Waals surface area contributed by atoms with Gasteiger partial charge in [-0.1, -0.05) is 6.92 Å². The molecule has 0 aromatic heterocycles. The predicted octanol–water partition coefficient (Wildman–Crippen LogP) is 0.654. The van der Waals surface area contributed by atoms with Gasteiger partial charge in [0.15, 0.2) is 0 Å². The van der Waals surface area contributed by atoms with E-state index in [1.54, 1.807) is 0 Å². The largest absolute Gasteiger partial charge is 0.481 e. The third-order valence-electron chi connectivity index (χ3n) is 2.18. The molecule has 2 aliphatic heterocycles. The normalized spacial score (nSPS) is 27.1. The summed E-state index contributed by atoms with van der Waals surface area (Å²) in [7, 11) is 0. The smallest absolute Gasteiger partial charge is 0.315 e. The number of carbonyl (C=O) groups excluding carboxylic acids is 1. The zero-order valence-corrected chi connectivity index (χ0v) is 9.47. The zero-order valence-electron chi connectivity index (χ0n) is 8.66. The minimum absolute atomic E-state index is 0.00491. The van der Waals surface area contributed by atoms with Crippen LogP contribution in [-0.2, 0) is 4.79 Å².